The molecule has 0 radical (unpaired) electrons. The first-order valence-corrected chi connectivity index (χ1v) is 6.29. The van der Waals surface area contributed by atoms with Crippen LogP contribution in [-0.2, 0) is 13.5 Å². The minimum atomic E-state index is -0.205. The molecule has 1 aromatic carbocycles. The summed E-state index contributed by atoms with van der Waals surface area (Å²) in [5, 5.41) is 2.84. The molecule has 3 N–H and O–H groups in total. The van der Waals surface area contributed by atoms with Crippen molar-refractivity contribution in [1.29, 1.82) is 0 Å². The van der Waals surface area contributed by atoms with E-state index in [4.69, 9.17) is 10.5 Å². The molecule has 6 nitrogen and oxygen atoms in total. The average Bonchev–Trinajstić information content (AvgIpc) is 2.84. The number of nitrogens with zero attached hydrogens (tertiary/aromatic N) is 2. The first kappa shape index (κ1) is 13.9. The molecular formula is C14H18N4O2. The predicted molar refractivity (Wildman–Crippen MR) is 76.7 cm³/mol. The van der Waals surface area contributed by atoms with E-state index < -0.39 is 0 Å². The van der Waals surface area contributed by atoms with Crippen molar-refractivity contribution in [1.82, 2.24) is 14.9 Å². The summed E-state index contributed by atoms with van der Waals surface area (Å²) >= 11 is 0. The highest BCUT2D eigenvalue weighted by Crippen LogP contribution is 2.20. The molecule has 0 aliphatic carbocycles. The molecule has 0 atom stereocenters. The maximum Gasteiger partial charge on any atom is 0.255 e. The molecule has 1 heterocycles. The lowest BCUT2D eigenvalue weighted by Crippen LogP contribution is -2.26. The second-order valence-corrected chi connectivity index (χ2v) is 4.42. The molecule has 6 heteroatoms. The Hall–Kier alpha value is -2.50. The predicted octanol–water partition coefficient (Wildman–Crippen LogP) is 0.983. The number of imidazole rings is 1. The number of methoxy groups -OCH3 is 1. The Morgan fingerprint density at radius 3 is 2.95 bits per heavy atom. The maximum absolute atomic E-state index is 12.1. The average molecular weight is 274 g/mol. The highest BCUT2D eigenvalue weighted by atomic mass is 16.5. The van der Waals surface area contributed by atoms with Crippen molar-refractivity contribution in [2.75, 3.05) is 19.4 Å². The molecule has 0 spiro atoms. The number of aromatic nitrogens is 2. The number of nitrogens with two attached hydrogens (primary N) is 1. The van der Waals surface area contributed by atoms with Gasteiger partial charge in [0.05, 0.1) is 12.7 Å². The van der Waals surface area contributed by atoms with Gasteiger partial charge >= 0.3 is 0 Å². The topological polar surface area (TPSA) is 82.2 Å². The van der Waals surface area contributed by atoms with Crippen molar-refractivity contribution in [2.24, 2.45) is 7.05 Å². The fourth-order valence-corrected chi connectivity index (χ4v) is 1.92. The molecule has 2 aromatic rings. The molecular weight excluding hydrogens is 256 g/mol. The first-order valence-electron chi connectivity index (χ1n) is 6.29. The van der Waals surface area contributed by atoms with E-state index in [9.17, 15) is 4.79 Å². The Labute approximate surface area is 117 Å². The summed E-state index contributed by atoms with van der Waals surface area (Å²) < 4.78 is 7.08. The van der Waals surface area contributed by atoms with Crippen LogP contribution in [0.3, 0.4) is 0 Å². The van der Waals surface area contributed by atoms with Crippen molar-refractivity contribution >= 4 is 11.6 Å². The van der Waals surface area contributed by atoms with Gasteiger partial charge in [-0.1, -0.05) is 0 Å². The van der Waals surface area contributed by atoms with Crippen molar-refractivity contribution in [3.63, 3.8) is 0 Å². The third-order valence-corrected chi connectivity index (χ3v) is 3.02. The normalized spacial score (nSPS) is 10.3. The monoisotopic (exact) mass is 274 g/mol. The molecule has 0 saturated carbocycles. The molecule has 0 bridgehead atoms. The fourth-order valence-electron chi connectivity index (χ4n) is 1.92. The van der Waals surface area contributed by atoms with Crippen LogP contribution in [-0.4, -0.2) is 29.1 Å². The Morgan fingerprint density at radius 2 is 2.30 bits per heavy atom. The fraction of sp³-hybridized carbons (Fsp3) is 0.286. The number of aryl methyl sites for hydroxylation is 1. The largest absolute Gasteiger partial charge is 0.496 e. The lowest BCUT2D eigenvalue weighted by molar-refractivity contribution is 0.0951. The number of benzene rings is 1. The smallest absolute Gasteiger partial charge is 0.255 e. The number of carbonyl (C=O) groups is 1. The molecule has 106 valence electrons. The molecule has 0 unspecified atom stereocenters. The number of nitrogens with one attached hydrogen (secondary N) is 1. The van der Waals surface area contributed by atoms with Gasteiger partial charge in [0.2, 0.25) is 0 Å². The van der Waals surface area contributed by atoms with Crippen LogP contribution in [0.1, 0.15) is 16.2 Å². The van der Waals surface area contributed by atoms with Crippen LogP contribution in [0.4, 0.5) is 5.69 Å². The van der Waals surface area contributed by atoms with Crippen molar-refractivity contribution in [2.45, 2.75) is 6.42 Å². The molecule has 0 aliphatic rings. The molecule has 0 fully saturated rings. The second-order valence-electron chi connectivity index (χ2n) is 4.42. The number of anilines is 1. The summed E-state index contributed by atoms with van der Waals surface area (Å²) in [6.07, 6.45) is 4.27. The van der Waals surface area contributed by atoms with Crippen molar-refractivity contribution in [3.8, 4) is 5.75 Å². The SMILES string of the molecule is COc1ccc(N)cc1C(=O)NCCc1nccn1C. The van der Waals surface area contributed by atoms with Crippen molar-refractivity contribution < 1.29 is 9.53 Å². The first-order chi connectivity index (χ1) is 9.61. The van der Waals surface area contributed by atoms with Gasteiger partial charge in [0, 0.05) is 38.1 Å². The summed E-state index contributed by atoms with van der Waals surface area (Å²) in [6, 6.07) is 4.99. The standard InChI is InChI=1S/C14H18N4O2/c1-18-8-7-16-13(18)5-6-17-14(19)11-9-10(15)3-4-12(11)20-2/h3-4,7-9H,5-6,15H2,1-2H3,(H,17,19). The minimum Gasteiger partial charge on any atom is -0.496 e. The van der Waals surface area contributed by atoms with Crippen LogP contribution >= 0.6 is 0 Å². The summed E-state index contributed by atoms with van der Waals surface area (Å²) in [4.78, 5) is 16.3. The van der Waals surface area contributed by atoms with E-state index >= 15 is 0 Å². The van der Waals surface area contributed by atoms with Gasteiger partial charge in [-0.3, -0.25) is 4.79 Å². The zero-order valence-electron chi connectivity index (χ0n) is 11.6. The van der Waals surface area contributed by atoms with E-state index in [1.165, 1.54) is 7.11 Å². The van der Waals surface area contributed by atoms with E-state index in [1.54, 1.807) is 24.4 Å². The summed E-state index contributed by atoms with van der Waals surface area (Å²) in [5.74, 6) is 1.22. The van der Waals surface area contributed by atoms with Crippen LogP contribution in [0, 0.1) is 0 Å². The van der Waals surface area contributed by atoms with Gasteiger partial charge in [0.25, 0.3) is 5.91 Å². The van der Waals surface area contributed by atoms with Crippen LogP contribution in [0.15, 0.2) is 30.6 Å². The Bertz CT molecular complexity index is 607. The minimum absolute atomic E-state index is 0.205. The zero-order chi connectivity index (χ0) is 14.5. The lowest BCUT2D eigenvalue weighted by atomic mass is 10.1. The Balaban J connectivity index is 1.98. The molecule has 0 aliphatic heterocycles. The third kappa shape index (κ3) is 3.09. The number of nitrogen functional groups attached to an aromatic ring is 1. The molecule has 20 heavy (non-hydrogen) atoms. The van der Waals surface area contributed by atoms with E-state index in [-0.39, 0.29) is 5.91 Å². The van der Waals surface area contributed by atoms with Crippen LogP contribution in [0.25, 0.3) is 0 Å². The van der Waals surface area contributed by atoms with E-state index in [0.29, 0.717) is 30.0 Å². The van der Waals surface area contributed by atoms with Crippen molar-refractivity contribution in [3.05, 3.63) is 42.0 Å². The van der Waals surface area contributed by atoms with Crippen LogP contribution < -0.4 is 15.8 Å². The van der Waals surface area contributed by atoms with E-state index in [0.717, 1.165) is 5.82 Å². The second kappa shape index (κ2) is 6.10. The molecule has 1 amide bonds. The number of rotatable bonds is 5. The molecule has 0 saturated heterocycles. The highest BCUT2D eigenvalue weighted by molar-refractivity contribution is 5.97. The third-order valence-electron chi connectivity index (χ3n) is 3.02. The quantitative estimate of drug-likeness (QED) is 0.796. The summed E-state index contributed by atoms with van der Waals surface area (Å²) in [7, 11) is 3.45. The maximum atomic E-state index is 12.1. The van der Waals surface area contributed by atoms with E-state index in [2.05, 4.69) is 10.3 Å². The van der Waals surface area contributed by atoms with Crippen LogP contribution in [0.2, 0.25) is 0 Å². The summed E-state index contributed by atoms with van der Waals surface area (Å²) in [6.45, 7) is 0.502. The molecule has 2 rings (SSSR count). The lowest BCUT2D eigenvalue weighted by Gasteiger charge is -2.10. The molecule has 1 aromatic heterocycles. The number of ether oxygens (including phenoxy) is 1. The van der Waals surface area contributed by atoms with Crippen LogP contribution in [0.5, 0.6) is 5.75 Å². The number of hydrogen-bond donors (Lipinski definition) is 2. The van der Waals surface area contributed by atoms with E-state index in [1.807, 2.05) is 17.8 Å². The van der Waals surface area contributed by atoms with Gasteiger partial charge in [-0.25, -0.2) is 4.98 Å². The van der Waals surface area contributed by atoms with Gasteiger partial charge < -0.3 is 20.4 Å². The van der Waals surface area contributed by atoms with Gasteiger partial charge in [-0.15, -0.1) is 0 Å². The zero-order valence-corrected chi connectivity index (χ0v) is 11.6. The number of carbonyl (C=O) groups excluding carboxylic acids is 1. The Kier molecular flexibility index (Phi) is 4.24. The highest BCUT2D eigenvalue weighted by Gasteiger charge is 2.12. The summed E-state index contributed by atoms with van der Waals surface area (Å²) in [5.41, 5.74) is 6.66. The number of amides is 1. The number of hydrogen-bond acceptors (Lipinski definition) is 4. The van der Waals surface area contributed by atoms with Gasteiger partial charge in [0.1, 0.15) is 11.6 Å². The van der Waals surface area contributed by atoms with Gasteiger partial charge in [0.15, 0.2) is 0 Å². The van der Waals surface area contributed by atoms with Gasteiger partial charge in [-0.2, -0.15) is 0 Å². The van der Waals surface area contributed by atoms with Gasteiger partial charge in [-0.05, 0) is 18.2 Å². The Morgan fingerprint density at radius 1 is 1.50 bits per heavy atom.